The number of hydrogen-bond donors (Lipinski definition) is 3. The summed E-state index contributed by atoms with van der Waals surface area (Å²) in [6.07, 6.45) is -0.0133. The largest absolute Gasteiger partial charge is 0.447 e. The Balaban J connectivity index is 3.18. The number of carbonyl (C=O) groups excluding carboxylic acids is 3. The number of carbonyl (C=O) groups is 3. The maximum absolute atomic E-state index is 11.5. The zero-order valence-corrected chi connectivity index (χ0v) is 21.3. The summed E-state index contributed by atoms with van der Waals surface area (Å²) in [6, 6.07) is 0. The second-order valence-electron chi connectivity index (χ2n) is 6.99. The SMILES string of the molecule is CNC(=O)CCOCCOCCOCCOC(=O)NCCOCCOCCOCCOCCC(N)=O. The van der Waals surface area contributed by atoms with Crippen LogP contribution in [-0.2, 0) is 47.5 Å². The van der Waals surface area contributed by atoms with Crippen molar-refractivity contribution in [3.63, 3.8) is 0 Å². The van der Waals surface area contributed by atoms with Gasteiger partial charge >= 0.3 is 6.09 Å². The molecule has 0 atom stereocenters. The molecule has 4 N–H and O–H groups in total. The van der Waals surface area contributed by atoms with Crippen LogP contribution in [-0.4, -0.2) is 131 Å². The van der Waals surface area contributed by atoms with Crippen LogP contribution < -0.4 is 16.4 Å². The molecule has 0 aliphatic rings. The Labute approximate surface area is 212 Å². The van der Waals surface area contributed by atoms with Crippen LogP contribution in [0, 0.1) is 0 Å². The van der Waals surface area contributed by atoms with Crippen molar-refractivity contribution in [2.45, 2.75) is 12.8 Å². The summed E-state index contributed by atoms with van der Waals surface area (Å²) in [5.41, 5.74) is 4.99. The van der Waals surface area contributed by atoms with Gasteiger partial charge in [0.05, 0.1) is 92.5 Å². The van der Waals surface area contributed by atoms with Crippen molar-refractivity contribution >= 4 is 17.9 Å². The highest BCUT2D eigenvalue weighted by molar-refractivity contribution is 5.75. The molecule has 0 aromatic rings. The Hall–Kier alpha value is -2.07. The standard InChI is InChI=1S/C22H43N3O11/c1-24-21(27)3-6-30-9-12-33-16-17-35-18-19-36-22(28)25-4-7-31-10-13-34-15-14-32-11-8-29-5-2-20(23)26/h2-19H2,1H3,(H2,23,26)(H,24,27)(H,25,28). The van der Waals surface area contributed by atoms with E-state index in [1.807, 2.05) is 0 Å². The van der Waals surface area contributed by atoms with Crippen LogP contribution in [0.15, 0.2) is 0 Å². The molecule has 0 heterocycles. The van der Waals surface area contributed by atoms with E-state index in [1.165, 1.54) is 0 Å². The van der Waals surface area contributed by atoms with E-state index in [0.717, 1.165) is 0 Å². The van der Waals surface area contributed by atoms with Gasteiger partial charge < -0.3 is 54.3 Å². The Kier molecular flexibility index (Phi) is 25.9. The normalized spacial score (nSPS) is 10.8. The summed E-state index contributed by atoms with van der Waals surface area (Å²) in [4.78, 5) is 33.0. The average Bonchev–Trinajstić information content (AvgIpc) is 2.86. The minimum absolute atomic E-state index is 0.0617. The van der Waals surface area contributed by atoms with Crippen LogP contribution in [0.4, 0.5) is 4.79 Å². The molecule has 0 bridgehead atoms. The molecule has 0 aromatic carbocycles. The first-order valence-corrected chi connectivity index (χ1v) is 12.0. The summed E-state index contributed by atoms with van der Waals surface area (Å²) < 4.78 is 42.0. The van der Waals surface area contributed by atoms with Crippen molar-refractivity contribution in [2.75, 3.05) is 113 Å². The molecule has 212 valence electrons. The molecule has 3 amide bonds. The van der Waals surface area contributed by atoms with Gasteiger partial charge in [0.2, 0.25) is 11.8 Å². The van der Waals surface area contributed by atoms with E-state index in [0.29, 0.717) is 98.9 Å². The molecule has 14 heteroatoms. The molecule has 0 radical (unpaired) electrons. The van der Waals surface area contributed by atoms with E-state index in [-0.39, 0.29) is 25.5 Å². The van der Waals surface area contributed by atoms with Crippen molar-refractivity contribution in [2.24, 2.45) is 5.73 Å². The molecule has 0 unspecified atom stereocenters. The third-order valence-electron chi connectivity index (χ3n) is 4.08. The molecule has 0 rings (SSSR count). The Morgan fingerprint density at radius 2 is 0.944 bits per heavy atom. The van der Waals surface area contributed by atoms with Crippen LogP contribution in [0.1, 0.15) is 12.8 Å². The fourth-order valence-electron chi connectivity index (χ4n) is 2.24. The summed E-state index contributed by atoms with van der Waals surface area (Å²) in [5.74, 6) is -0.452. The van der Waals surface area contributed by atoms with Crippen molar-refractivity contribution in [1.82, 2.24) is 10.6 Å². The van der Waals surface area contributed by atoms with Crippen LogP contribution in [0.2, 0.25) is 0 Å². The number of nitrogens with two attached hydrogens (primary N) is 1. The maximum atomic E-state index is 11.5. The molecule has 0 aliphatic heterocycles. The predicted molar refractivity (Wildman–Crippen MR) is 128 cm³/mol. The summed E-state index contributed by atoms with van der Waals surface area (Å²) in [6.45, 7) is 5.77. The first-order chi connectivity index (χ1) is 17.6. The van der Waals surface area contributed by atoms with Crippen molar-refractivity contribution in [3.8, 4) is 0 Å². The molecule has 0 aromatic heterocycles. The third-order valence-corrected chi connectivity index (χ3v) is 4.08. The Bertz CT molecular complexity index is 541. The molecule has 0 fully saturated rings. The van der Waals surface area contributed by atoms with Crippen molar-refractivity contribution < 1.29 is 52.3 Å². The maximum Gasteiger partial charge on any atom is 0.407 e. The second-order valence-corrected chi connectivity index (χ2v) is 6.99. The van der Waals surface area contributed by atoms with Gasteiger partial charge in [0.1, 0.15) is 6.61 Å². The topological polar surface area (TPSA) is 175 Å². The molecule has 0 aliphatic carbocycles. The number of hydrogen-bond acceptors (Lipinski definition) is 11. The van der Waals surface area contributed by atoms with Gasteiger partial charge in [-0.3, -0.25) is 9.59 Å². The van der Waals surface area contributed by atoms with Gasteiger partial charge in [0.15, 0.2) is 0 Å². The monoisotopic (exact) mass is 525 g/mol. The number of amides is 3. The summed E-state index contributed by atoms with van der Waals surface area (Å²) in [5, 5.41) is 5.09. The predicted octanol–water partition coefficient (Wildman–Crippen LogP) is -1.16. The van der Waals surface area contributed by atoms with Crippen LogP contribution >= 0.6 is 0 Å². The second kappa shape index (κ2) is 27.5. The van der Waals surface area contributed by atoms with Gasteiger partial charge in [-0.15, -0.1) is 0 Å². The van der Waals surface area contributed by atoms with Gasteiger partial charge in [-0.2, -0.15) is 0 Å². The third kappa shape index (κ3) is 28.2. The van der Waals surface area contributed by atoms with Gasteiger partial charge in [-0.05, 0) is 0 Å². The minimum atomic E-state index is -0.542. The van der Waals surface area contributed by atoms with E-state index in [4.69, 9.17) is 43.6 Å². The van der Waals surface area contributed by atoms with Gasteiger partial charge in [0.25, 0.3) is 0 Å². The zero-order chi connectivity index (χ0) is 26.5. The summed E-state index contributed by atoms with van der Waals surface area (Å²) in [7, 11) is 1.58. The van der Waals surface area contributed by atoms with E-state index in [9.17, 15) is 14.4 Å². The van der Waals surface area contributed by atoms with E-state index in [2.05, 4.69) is 10.6 Å². The molecule has 14 nitrogen and oxygen atoms in total. The number of ether oxygens (including phenoxy) is 8. The molecule has 0 saturated heterocycles. The van der Waals surface area contributed by atoms with Gasteiger partial charge in [-0.25, -0.2) is 4.79 Å². The fourth-order valence-corrected chi connectivity index (χ4v) is 2.24. The summed E-state index contributed by atoms with van der Waals surface area (Å²) >= 11 is 0. The Morgan fingerprint density at radius 1 is 0.556 bits per heavy atom. The molecule has 36 heavy (non-hydrogen) atoms. The van der Waals surface area contributed by atoms with Crippen LogP contribution in [0.5, 0.6) is 0 Å². The Morgan fingerprint density at radius 3 is 1.39 bits per heavy atom. The molecule has 0 saturated carbocycles. The minimum Gasteiger partial charge on any atom is -0.447 e. The fraction of sp³-hybridized carbons (Fsp3) is 0.864. The first kappa shape index (κ1) is 33.9. The smallest absolute Gasteiger partial charge is 0.407 e. The van der Waals surface area contributed by atoms with E-state index in [1.54, 1.807) is 7.05 Å². The molecule has 0 spiro atoms. The number of primary amides is 1. The average molecular weight is 526 g/mol. The molecular formula is C22H43N3O11. The van der Waals surface area contributed by atoms with Crippen LogP contribution in [0.25, 0.3) is 0 Å². The van der Waals surface area contributed by atoms with Crippen molar-refractivity contribution in [1.29, 1.82) is 0 Å². The lowest BCUT2D eigenvalue weighted by Crippen LogP contribution is -2.29. The van der Waals surface area contributed by atoms with Crippen LogP contribution in [0.3, 0.4) is 0 Å². The molecular weight excluding hydrogens is 482 g/mol. The lowest BCUT2D eigenvalue weighted by molar-refractivity contribution is -0.122. The van der Waals surface area contributed by atoms with Gasteiger partial charge in [-0.1, -0.05) is 0 Å². The zero-order valence-electron chi connectivity index (χ0n) is 21.3. The number of nitrogens with one attached hydrogen (secondary N) is 2. The number of rotatable bonds is 27. The highest BCUT2D eigenvalue weighted by atomic mass is 16.6. The lowest BCUT2D eigenvalue weighted by Gasteiger charge is -2.09. The first-order valence-electron chi connectivity index (χ1n) is 12.0. The lowest BCUT2D eigenvalue weighted by atomic mass is 10.4. The van der Waals surface area contributed by atoms with E-state index >= 15 is 0 Å². The van der Waals surface area contributed by atoms with Crippen molar-refractivity contribution in [3.05, 3.63) is 0 Å². The van der Waals surface area contributed by atoms with Gasteiger partial charge in [0, 0.05) is 26.4 Å². The highest BCUT2D eigenvalue weighted by Crippen LogP contribution is 1.87. The highest BCUT2D eigenvalue weighted by Gasteiger charge is 2.01. The number of alkyl carbamates (subject to hydrolysis) is 1. The van der Waals surface area contributed by atoms with E-state index < -0.39 is 12.0 Å². The quantitative estimate of drug-likeness (QED) is 0.110.